The first-order valence-electron chi connectivity index (χ1n) is 9.41. The van der Waals surface area contributed by atoms with Crippen molar-refractivity contribution in [1.29, 1.82) is 0 Å². The second kappa shape index (κ2) is 8.44. The molecule has 0 radical (unpaired) electrons. The summed E-state index contributed by atoms with van der Waals surface area (Å²) >= 11 is 0. The van der Waals surface area contributed by atoms with E-state index in [1.807, 2.05) is 66.5 Å². The third-order valence-electron chi connectivity index (χ3n) is 5.10. The molecule has 6 heteroatoms. The molecular weight excluding hydrogens is 354 g/mol. The summed E-state index contributed by atoms with van der Waals surface area (Å²) in [5.41, 5.74) is 1.35. The number of rotatable bonds is 8. The van der Waals surface area contributed by atoms with Gasteiger partial charge >= 0.3 is 6.03 Å². The standard InChI is InChI=1S/C22H27N3O3/c1-22(14-13-17-9-11-19(28-3)12-10-17)20(26)25(21(27)23-22)16-24(2)15-18-7-5-4-6-8-18/h4-12H,13-16H2,1-3H3,(H,23,27)/t22-/m0/s1. The van der Waals surface area contributed by atoms with Gasteiger partial charge in [0.15, 0.2) is 0 Å². The lowest BCUT2D eigenvalue weighted by Gasteiger charge is -2.24. The molecule has 0 spiro atoms. The largest absolute Gasteiger partial charge is 0.497 e. The first-order chi connectivity index (χ1) is 13.4. The van der Waals surface area contributed by atoms with Gasteiger partial charge in [-0.1, -0.05) is 42.5 Å². The van der Waals surface area contributed by atoms with Crippen LogP contribution in [-0.2, 0) is 17.8 Å². The van der Waals surface area contributed by atoms with E-state index in [4.69, 9.17) is 4.74 Å². The number of urea groups is 1. The maximum atomic E-state index is 12.9. The van der Waals surface area contributed by atoms with E-state index in [1.165, 1.54) is 4.90 Å². The Labute approximate surface area is 166 Å². The van der Waals surface area contributed by atoms with Gasteiger partial charge in [-0.15, -0.1) is 0 Å². The van der Waals surface area contributed by atoms with Crippen LogP contribution in [0.5, 0.6) is 5.75 Å². The fourth-order valence-corrected chi connectivity index (χ4v) is 3.42. The first kappa shape index (κ1) is 19.9. The van der Waals surface area contributed by atoms with E-state index in [2.05, 4.69) is 5.32 Å². The summed E-state index contributed by atoms with van der Waals surface area (Å²) in [7, 11) is 3.53. The average molecular weight is 381 g/mol. The van der Waals surface area contributed by atoms with Crippen molar-refractivity contribution in [3.8, 4) is 5.75 Å². The van der Waals surface area contributed by atoms with Crippen molar-refractivity contribution in [3.63, 3.8) is 0 Å². The Balaban J connectivity index is 1.59. The Bertz CT molecular complexity index is 823. The van der Waals surface area contributed by atoms with Crippen molar-refractivity contribution in [1.82, 2.24) is 15.1 Å². The number of nitrogens with zero attached hydrogens (tertiary/aromatic N) is 2. The second-order valence-corrected chi connectivity index (χ2v) is 7.48. The lowest BCUT2D eigenvalue weighted by molar-refractivity contribution is -0.132. The van der Waals surface area contributed by atoms with Gasteiger partial charge in [-0.2, -0.15) is 0 Å². The lowest BCUT2D eigenvalue weighted by Crippen LogP contribution is -2.45. The predicted octanol–water partition coefficient (Wildman–Crippen LogP) is 3.03. The molecule has 2 aromatic rings. The molecule has 1 N–H and O–H groups in total. The van der Waals surface area contributed by atoms with Crippen molar-refractivity contribution in [3.05, 3.63) is 65.7 Å². The fraction of sp³-hybridized carbons (Fsp3) is 0.364. The SMILES string of the molecule is COc1ccc(CC[C@]2(C)NC(=O)N(CN(C)Cc3ccccc3)C2=O)cc1. The van der Waals surface area contributed by atoms with E-state index in [0.717, 1.165) is 16.9 Å². The van der Waals surface area contributed by atoms with E-state index in [-0.39, 0.29) is 18.6 Å². The minimum Gasteiger partial charge on any atom is -0.497 e. The summed E-state index contributed by atoms with van der Waals surface area (Å²) in [5, 5.41) is 2.88. The number of carbonyl (C=O) groups is 2. The normalized spacial score (nSPS) is 19.2. The summed E-state index contributed by atoms with van der Waals surface area (Å²) in [6.45, 7) is 2.73. The highest BCUT2D eigenvalue weighted by Crippen LogP contribution is 2.24. The molecule has 1 atom stereocenters. The van der Waals surface area contributed by atoms with Gasteiger partial charge in [0.05, 0.1) is 13.8 Å². The number of hydrogen-bond donors (Lipinski definition) is 1. The molecule has 1 saturated heterocycles. The lowest BCUT2D eigenvalue weighted by atomic mass is 9.93. The zero-order valence-electron chi connectivity index (χ0n) is 16.6. The minimum atomic E-state index is -0.884. The van der Waals surface area contributed by atoms with E-state index in [9.17, 15) is 9.59 Å². The average Bonchev–Trinajstić information content (AvgIpc) is 2.91. The number of nitrogens with one attached hydrogen (secondary N) is 1. The van der Waals surface area contributed by atoms with E-state index in [0.29, 0.717) is 19.4 Å². The molecule has 0 aliphatic carbocycles. The third-order valence-corrected chi connectivity index (χ3v) is 5.10. The number of benzene rings is 2. The quantitative estimate of drug-likeness (QED) is 0.714. The van der Waals surface area contributed by atoms with Gasteiger partial charge in [0.25, 0.3) is 5.91 Å². The van der Waals surface area contributed by atoms with Crippen molar-refractivity contribution in [2.24, 2.45) is 0 Å². The predicted molar refractivity (Wildman–Crippen MR) is 108 cm³/mol. The molecule has 0 saturated carbocycles. The van der Waals surface area contributed by atoms with Crippen LogP contribution in [0.15, 0.2) is 54.6 Å². The molecule has 6 nitrogen and oxygen atoms in total. The van der Waals surface area contributed by atoms with Crippen LogP contribution in [0, 0.1) is 0 Å². The molecule has 0 unspecified atom stereocenters. The zero-order chi connectivity index (χ0) is 20.1. The number of amides is 3. The first-order valence-corrected chi connectivity index (χ1v) is 9.41. The van der Waals surface area contributed by atoms with Crippen LogP contribution < -0.4 is 10.1 Å². The number of ether oxygens (including phenoxy) is 1. The van der Waals surface area contributed by atoms with Gasteiger partial charge in [0.1, 0.15) is 11.3 Å². The fourth-order valence-electron chi connectivity index (χ4n) is 3.42. The Hall–Kier alpha value is -2.86. The van der Waals surface area contributed by atoms with E-state index >= 15 is 0 Å². The number of carbonyl (C=O) groups excluding carboxylic acids is 2. The third kappa shape index (κ3) is 4.51. The Morgan fingerprint density at radius 2 is 1.71 bits per heavy atom. The maximum Gasteiger partial charge on any atom is 0.326 e. The minimum absolute atomic E-state index is 0.175. The second-order valence-electron chi connectivity index (χ2n) is 7.48. The monoisotopic (exact) mass is 381 g/mol. The van der Waals surface area contributed by atoms with Gasteiger partial charge in [0.2, 0.25) is 0 Å². The van der Waals surface area contributed by atoms with Crippen LogP contribution in [0.25, 0.3) is 0 Å². The van der Waals surface area contributed by atoms with Crippen LogP contribution in [0.1, 0.15) is 24.5 Å². The molecule has 1 aliphatic rings. The van der Waals surface area contributed by atoms with Crippen molar-refractivity contribution >= 4 is 11.9 Å². The van der Waals surface area contributed by atoms with Crippen LogP contribution in [-0.4, -0.2) is 48.1 Å². The summed E-state index contributed by atoms with van der Waals surface area (Å²) in [4.78, 5) is 28.6. The molecule has 1 aliphatic heterocycles. The Morgan fingerprint density at radius 3 is 2.36 bits per heavy atom. The number of aryl methyl sites for hydroxylation is 1. The number of imide groups is 1. The summed E-state index contributed by atoms with van der Waals surface area (Å²) in [6.07, 6.45) is 1.24. The highest BCUT2D eigenvalue weighted by atomic mass is 16.5. The smallest absolute Gasteiger partial charge is 0.326 e. The highest BCUT2D eigenvalue weighted by molar-refractivity contribution is 6.06. The van der Waals surface area contributed by atoms with E-state index < -0.39 is 5.54 Å². The Morgan fingerprint density at radius 1 is 1.04 bits per heavy atom. The molecule has 0 aromatic heterocycles. The summed E-state index contributed by atoms with van der Waals surface area (Å²) in [5.74, 6) is 0.624. The topological polar surface area (TPSA) is 61.9 Å². The van der Waals surface area contributed by atoms with Gasteiger partial charge in [-0.05, 0) is 50.1 Å². The van der Waals surface area contributed by atoms with Crippen LogP contribution in [0.4, 0.5) is 4.79 Å². The molecule has 148 valence electrons. The molecule has 3 amide bonds. The molecule has 0 bridgehead atoms. The summed E-state index contributed by atoms with van der Waals surface area (Å²) < 4.78 is 5.17. The molecular formula is C22H27N3O3. The van der Waals surface area contributed by atoms with Crippen molar-refractivity contribution in [2.75, 3.05) is 20.8 Å². The molecule has 2 aromatic carbocycles. The Kier molecular flexibility index (Phi) is 5.99. The van der Waals surface area contributed by atoms with Crippen LogP contribution in [0.2, 0.25) is 0 Å². The highest BCUT2D eigenvalue weighted by Gasteiger charge is 2.47. The van der Waals surface area contributed by atoms with Crippen LogP contribution in [0.3, 0.4) is 0 Å². The summed E-state index contributed by atoms with van der Waals surface area (Å²) in [6, 6.07) is 17.4. The number of methoxy groups -OCH3 is 1. The van der Waals surface area contributed by atoms with Crippen molar-refractivity contribution in [2.45, 2.75) is 31.8 Å². The van der Waals surface area contributed by atoms with Gasteiger partial charge in [-0.3, -0.25) is 9.69 Å². The molecule has 1 fully saturated rings. The number of hydrogen-bond acceptors (Lipinski definition) is 4. The van der Waals surface area contributed by atoms with Crippen LogP contribution >= 0.6 is 0 Å². The molecule has 28 heavy (non-hydrogen) atoms. The van der Waals surface area contributed by atoms with Crippen molar-refractivity contribution < 1.29 is 14.3 Å². The molecule has 3 rings (SSSR count). The van der Waals surface area contributed by atoms with Gasteiger partial charge in [-0.25, -0.2) is 9.69 Å². The maximum absolute atomic E-state index is 12.9. The van der Waals surface area contributed by atoms with Gasteiger partial charge < -0.3 is 10.1 Å². The molecule has 1 heterocycles. The van der Waals surface area contributed by atoms with E-state index in [1.54, 1.807) is 14.0 Å². The van der Waals surface area contributed by atoms with Gasteiger partial charge in [0, 0.05) is 6.54 Å². The zero-order valence-corrected chi connectivity index (χ0v) is 16.6.